The number of nitrogens with zero attached hydrogens (tertiary/aromatic N) is 1. The molecule has 2 heterocycles. The molecule has 8 nitrogen and oxygen atoms in total. The van der Waals surface area contributed by atoms with Gasteiger partial charge >= 0.3 is 0 Å². The van der Waals surface area contributed by atoms with Crippen LogP contribution in [0.15, 0.2) is 23.1 Å². The molecule has 1 aromatic rings. The second-order valence-corrected chi connectivity index (χ2v) is 11.2. The number of rotatable bonds is 4. The van der Waals surface area contributed by atoms with E-state index < -0.39 is 25.4 Å². The zero-order chi connectivity index (χ0) is 19.3. The molecule has 2 aliphatic rings. The first-order valence-corrected chi connectivity index (χ1v) is 11.7. The maximum absolute atomic E-state index is 12.5. The molecular formula is C16H23N3O5S2. The predicted molar refractivity (Wildman–Crippen MR) is 98.1 cm³/mol. The summed E-state index contributed by atoms with van der Waals surface area (Å²) < 4.78 is 46.4. The van der Waals surface area contributed by atoms with Crippen molar-refractivity contribution in [2.24, 2.45) is 5.14 Å². The Balaban J connectivity index is 1.74. The number of nitrogens with one attached hydrogen (secondary N) is 1. The fourth-order valence-electron chi connectivity index (χ4n) is 3.73. The average Bonchev–Trinajstić information content (AvgIpc) is 2.93. The van der Waals surface area contributed by atoms with Crippen LogP contribution in [0.25, 0.3) is 0 Å². The number of carbonyl (C=O) groups excluding carboxylic acids is 1. The van der Waals surface area contributed by atoms with Crippen molar-refractivity contribution in [1.29, 1.82) is 0 Å². The lowest BCUT2D eigenvalue weighted by molar-refractivity contribution is -0.121. The fourth-order valence-corrected chi connectivity index (χ4v) is 6.39. The molecule has 0 unspecified atom stereocenters. The summed E-state index contributed by atoms with van der Waals surface area (Å²) in [5.41, 5.74) is 0.884. The van der Waals surface area contributed by atoms with Gasteiger partial charge in [-0.2, -0.15) is 0 Å². The van der Waals surface area contributed by atoms with E-state index in [0.717, 1.165) is 11.3 Å². The van der Waals surface area contributed by atoms with Crippen molar-refractivity contribution >= 4 is 31.5 Å². The molecular weight excluding hydrogens is 378 g/mol. The number of hydrogen-bond donors (Lipinski definition) is 2. The maximum atomic E-state index is 12.5. The molecule has 0 spiro atoms. The van der Waals surface area contributed by atoms with Gasteiger partial charge in [0.25, 0.3) is 0 Å². The molecule has 2 aliphatic heterocycles. The van der Waals surface area contributed by atoms with Crippen LogP contribution in [0.1, 0.15) is 25.8 Å². The maximum Gasteiger partial charge on any atom is 0.239 e. The normalized spacial score (nSPS) is 27.3. The summed E-state index contributed by atoms with van der Waals surface area (Å²) in [5, 5.41) is 8.02. The first kappa shape index (κ1) is 19.1. The Morgan fingerprint density at radius 1 is 1.42 bits per heavy atom. The van der Waals surface area contributed by atoms with Crippen LogP contribution in [0.5, 0.6) is 0 Å². The van der Waals surface area contributed by atoms with Crippen LogP contribution in [0.2, 0.25) is 0 Å². The summed E-state index contributed by atoms with van der Waals surface area (Å²) in [6, 6.07) is 4.66. The minimum absolute atomic E-state index is 0.0200. The van der Waals surface area contributed by atoms with Crippen molar-refractivity contribution in [3.8, 4) is 0 Å². The standard InChI is InChI=1S/C16H23N3O5S2/c1-11-7-12-8-13(26(17,23)24)3-4-14(12)19(11)9-15(20)18-16(2)5-6-25(21,22)10-16/h3-4,8,11H,5-7,9-10H2,1-2H3,(H,18,20)(H2,17,23,24)/t11-,16-/m0/s1. The van der Waals surface area contributed by atoms with E-state index in [2.05, 4.69) is 5.32 Å². The number of fused-ring (bicyclic) bond motifs is 1. The minimum atomic E-state index is -3.77. The largest absolute Gasteiger partial charge is 0.359 e. The number of sulfonamides is 1. The Labute approximate surface area is 153 Å². The number of sulfone groups is 1. The molecule has 1 aromatic carbocycles. The molecule has 3 rings (SSSR count). The number of benzene rings is 1. The van der Waals surface area contributed by atoms with Crippen molar-refractivity contribution in [3.05, 3.63) is 23.8 Å². The second kappa shape index (κ2) is 6.21. The molecule has 2 atom stereocenters. The van der Waals surface area contributed by atoms with Crippen molar-refractivity contribution in [1.82, 2.24) is 5.32 Å². The molecule has 0 radical (unpaired) electrons. The molecule has 1 saturated heterocycles. The van der Waals surface area contributed by atoms with Gasteiger partial charge in [-0.05, 0) is 50.5 Å². The van der Waals surface area contributed by atoms with Crippen LogP contribution in [0.4, 0.5) is 5.69 Å². The first-order valence-electron chi connectivity index (χ1n) is 8.32. The molecule has 0 aromatic heterocycles. The summed E-state index contributed by atoms with van der Waals surface area (Å²) >= 11 is 0. The van der Waals surface area contributed by atoms with E-state index in [1.807, 2.05) is 11.8 Å². The molecule has 1 amide bonds. The summed E-state index contributed by atoms with van der Waals surface area (Å²) in [7, 11) is -6.87. The Morgan fingerprint density at radius 2 is 2.12 bits per heavy atom. The zero-order valence-corrected chi connectivity index (χ0v) is 16.4. The van der Waals surface area contributed by atoms with Crippen molar-refractivity contribution < 1.29 is 21.6 Å². The molecule has 26 heavy (non-hydrogen) atoms. The number of primary sulfonamides is 1. The Kier molecular flexibility index (Phi) is 4.56. The SMILES string of the molecule is C[C@H]1Cc2cc(S(N)(=O)=O)ccc2N1CC(=O)N[C@@]1(C)CCS(=O)(=O)C1. The van der Waals surface area contributed by atoms with Crippen LogP contribution in [0.3, 0.4) is 0 Å². The van der Waals surface area contributed by atoms with E-state index in [0.29, 0.717) is 12.8 Å². The van der Waals surface area contributed by atoms with Gasteiger partial charge in [0, 0.05) is 11.7 Å². The second-order valence-electron chi connectivity index (χ2n) is 7.47. The van der Waals surface area contributed by atoms with Gasteiger partial charge < -0.3 is 10.2 Å². The molecule has 0 bridgehead atoms. The third-order valence-corrected chi connectivity index (χ3v) is 7.81. The van der Waals surface area contributed by atoms with Gasteiger partial charge in [0.15, 0.2) is 9.84 Å². The van der Waals surface area contributed by atoms with Gasteiger partial charge in [0.05, 0.1) is 28.5 Å². The number of nitrogens with two attached hydrogens (primary N) is 1. The summed E-state index contributed by atoms with van der Waals surface area (Å²) in [6.45, 7) is 3.78. The van der Waals surface area contributed by atoms with Crippen LogP contribution < -0.4 is 15.4 Å². The highest BCUT2D eigenvalue weighted by Crippen LogP contribution is 2.33. The third kappa shape index (κ3) is 3.86. The molecule has 0 saturated carbocycles. The van der Waals surface area contributed by atoms with Gasteiger partial charge in [-0.1, -0.05) is 0 Å². The Hall–Kier alpha value is -1.65. The van der Waals surface area contributed by atoms with Gasteiger partial charge in [-0.15, -0.1) is 0 Å². The van der Waals surface area contributed by atoms with E-state index in [1.54, 1.807) is 19.1 Å². The third-order valence-electron chi connectivity index (χ3n) is 4.99. The lowest BCUT2D eigenvalue weighted by atomic mass is 10.0. The fraction of sp³-hybridized carbons (Fsp3) is 0.562. The van der Waals surface area contributed by atoms with Gasteiger partial charge in [-0.3, -0.25) is 4.79 Å². The molecule has 144 valence electrons. The first-order chi connectivity index (χ1) is 11.9. The zero-order valence-electron chi connectivity index (χ0n) is 14.7. The van der Waals surface area contributed by atoms with Gasteiger partial charge in [0.1, 0.15) is 0 Å². The van der Waals surface area contributed by atoms with E-state index in [1.165, 1.54) is 6.07 Å². The smallest absolute Gasteiger partial charge is 0.239 e. The molecule has 1 fully saturated rings. The van der Waals surface area contributed by atoms with E-state index in [4.69, 9.17) is 5.14 Å². The molecule has 10 heteroatoms. The number of anilines is 1. The quantitative estimate of drug-likeness (QED) is 0.718. The summed E-state index contributed by atoms with van der Waals surface area (Å²) in [6.07, 6.45) is 1.02. The van der Waals surface area contributed by atoms with Crippen molar-refractivity contribution in [3.63, 3.8) is 0 Å². The van der Waals surface area contributed by atoms with Gasteiger partial charge in [0.2, 0.25) is 15.9 Å². The monoisotopic (exact) mass is 401 g/mol. The molecule has 3 N–H and O–H groups in total. The lowest BCUT2D eigenvalue weighted by Gasteiger charge is -2.28. The molecule has 0 aliphatic carbocycles. The van der Waals surface area contributed by atoms with Crippen molar-refractivity contribution in [2.75, 3.05) is 23.0 Å². The number of hydrogen-bond acceptors (Lipinski definition) is 6. The number of carbonyl (C=O) groups is 1. The van der Waals surface area contributed by atoms with E-state index in [-0.39, 0.29) is 34.9 Å². The van der Waals surface area contributed by atoms with Crippen molar-refractivity contribution in [2.45, 2.75) is 43.2 Å². The average molecular weight is 402 g/mol. The highest BCUT2D eigenvalue weighted by molar-refractivity contribution is 7.91. The van der Waals surface area contributed by atoms with Gasteiger partial charge in [-0.25, -0.2) is 22.0 Å². The van der Waals surface area contributed by atoms with E-state index in [9.17, 15) is 21.6 Å². The Bertz CT molecular complexity index is 958. The van der Waals surface area contributed by atoms with Crippen LogP contribution in [-0.4, -0.2) is 52.4 Å². The summed E-state index contributed by atoms with van der Waals surface area (Å²) in [5.74, 6) is -0.210. The Morgan fingerprint density at radius 3 is 2.69 bits per heavy atom. The highest BCUT2D eigenvalue weighted by atomic mass is 32.2. The number of amides is 1. The van der Waals surface area contributed by atoms with E-state index >= 15 is 0 Å². The van der Waals surface area contributed by atoms with Crippen LogP contribution in [-0.2, 0) is 31.1 Å². The summed E-state index contributed by atoms with van der Waals surface area (Å²) in [4.78, 5) is 14.4. The predicted octanol–water partition coefficient (Wildman–Crippen LogP) is -0.222. The van der Waals surface area contributed by atoms with Crippen LogP contribution >= 0.6 is 0 Å². The lowest BCUT2D eigenvalue weighted by Crippen LogP contribution is -2.51. The topological polar surface area (TPSA) is 127 Å². The highest BCUT2D eigenvalue weighted by Gasteiger charge is 2.40. The van der Waals surface area contributed by atoms with Crippen LogP contribution in [0, 0.1) is 0 Å². The minimum Gasteiger partial charge on any atom is -0.359 e.